The molecule has 0 amide bonds. The number of sulfonamides is 1. The van der Waals surface area contributed by atoms with Crippen LogP contribution in [0.2, 0.25) is 0 Å². The molecule has 6 nitrogen and oxygen atoms in total. The van der Waals surface area contributed by atoms with E-state index >= 15 is 0 Å². The van der Waals surface area contributed by atoms with Gasteiger partial charge in [-0.1, -0.05) is 17.4 Å². The van der Waals surface area contributed by atoms with E-state index in [0.29, 0.717) is 17.4 Å². The first-order valence-corrected chi connectivity index (χ1v) is 7.47. The first-order chi connectivity index (χ1) is 8.47. The SMILES string of the molecule is Cc1nc(NCc2ccccn2)sc1S(N)(=O)=O. The number of nitrogens with zero attached hydrogens (tertiary/aromatic N) is 2. The molecule has 0 spiro atoms. The lowest BCUT2D eigenvalue weighted by Gasteiger charge is -2.00. The molecule has 2 aromatic rings. The van der Waals surface area contributed by atoms with E-state index in [2.05, 4.69) is 15.3 Å². The summed E-state index contributed by atoms with van der Waals surface area (Å²) in [5, 5.41) is 8.62. The fourth-order valence-electron chi connectivity index (χ4n) is 1.39. The smallest absolute Gasteiger partial charge is 0.249 e. The average Bonchev–Trinajstić information content (AvgIpc) is 2.69. The van der Waals surface area contributed by atoms with E-state index in [1.807, 2.05) is 18.2 Å². The third kappa shape index (κ3) is 3.03. The van der Waals surface area contributed by atoms with Crippen molar-refractivity contribution in [1.29, 1.82) is 0 Å². The van der Waals surface area contributed by atoms with Gasteiger partial charge in [-0.25, -0.2) is 18.5 Å². The molecule has 3 N–H and O–H groups in total. The normalized spacial score (nSPS) is 11.4. The third-order valence-corrected chi connectivity index (χ3v) is 4.83. The van der Waals surface area contributed by atoms with Gasteiger partial charge in [0.1, 0.15) is 0 Å². The number of aromatic nitrogens is 2. The average molecular weight is 284 g/mol. The minimum absolute atomic E-state index is 0.0889. The number of hydrogen-bond acceptors (Lipinski definition) is 6. The molecule has 0 unspecified atom stereocenters. The Bertz CT molecular complexity index is 637. The van der Waals surface area contributed by atoms with Gasteiger partial charge in [-0.3, -0.25) is 4.98 Å². The maximum absolute atomic E-state index is 11.2. The molecule has 0 radical (unpaired) electrons. The molecule has 96 valence electrons. The molecule has 0 aliphatic heterocycles. The third-order valence-electron chi connectivity index (χ3n) is 2.16. The van der Waals surface area contributed by atoms with Crippen LogP contribution in [0.4, 0.5) is 5.13 Å². The van der Waals surface area contributed by atoms with E-state index in [1.54, 1.807) is 13.1 Å². The number of anilines is 1. The molecular formula is C10H12N4O2S2. The van der Waals surface area contributed by atoms with E-state index in [4.69, 9.17) is 5.14 Å². The fraction of sp³-hybridized carbons (Fsp3) is 0.200. The van der Waals surface area contributed by atoms with Crippen molar-refractivity contribution in [1.82, 2.24) is 9.97 Å². The number of hydrogen-bond donors (Lipinski definition) is 2. The second-order valence-electron chi connectivity index (χ2n) is 3.61. The monoisotopic (exact) mass is 284 g/mol. The van der Waals surface area contributed by atoms with Crippen molar-refractivity contribution in [3.8, 4) is 0 Å². The highest BCUT2D eigenvalue weighted by Crippen LogP contribution is 2.26. The van der Waals surface area contributed by atoms with Crippen LogP contribution in [0, 0.1) is 6.92 Å². The van der Waals surface area contributed by atoms with E-state index in [1.165, 1.54) is 0 Å². The Kier molecular flexibility index (Phi) is 3.60. The van der Waals surface area contributed by atoms with Gasteiger partial charge >= 0.3 is 0 Å². The lowest BCUT2D eigenvalue weighted by Crippen LogP contribution is -2.11. The largest absolute Gasteiger partial charge is 0.356 e. The minimum atomic E-state index is -3.70. The zero-order chi connectivity index (χ0) is 13.2. The Labute approximate surface area is 109 Å². The summed E-state index contributed by atoms with van der Waals surface area (Å²) >= 11 is 1.02. The molecule has 0 aromatic carbocycles. The highest BCUT2D eigenvalue weighted by atomic mass is 32.2. The first-order valence-electron chi connectivity index (χ1n) is 5.11. The number of rotatable bonds is 4. The van der Waals surface area contributed by atoms with Gasteiger partial charge in [0.25, 0.3) is 0 Å². The Hall–Kier alpha value is -1.51. The van der Waals surface area contributed by atoms with Crippen molar-refractivity contribution in [3.63, 3.8) is 0 Å². The summed E-state index contributed by atoms with van der Waals surface area (Å²) in [6, 6.07) is 5.58. The quantitative estimate of drug-likeness (QED) is 0.876. The molecule has 0 aliphatic rings. The van der Waals surface area contributed by atoms with Crippen molar-refractivity contribution in [2.45, 2.75) is 17.7 Å². The van der Waals surface area contributed by atoms with Crippen molar-refractivity contribution < 1.29 is 8.42 Å². The highest BCUT2D eigenvalue weighted by molar-refractivity contribution is 7.91. The first kappa shape index (κ1) is 12.9. The number of nitrogens with one attached hydrogen (secondary N) is 1. The van der Waals surface area contributed by atoms with Crippen LogP contribution in [-0.2, 0) is 16.6 Å². The number of pyridine rings is 1. The van der Waals surface area contributed by atoms with E-state index in [0.717, 1.165) is 17.0 Å². The molecule has 18 heavy (non-hydrogen) atoms. The molecule has 2 rings (SSSR count). The standard InChI is InChI=1S/C10H12N4O2S2/c1-7-9(18(11,15)16)17-10(14-7)13-6-8-4-2-3-5-12-8/h2-5H,6H2,1H3,(H,13,14)(H2,11,15,16). The number of aryl methyl sites for hydroxylation is 1. The lowest BCUT2D eigenvalue weighted by molar-refractivity contribution is 0.599. The van der Waals surface area contributed by atoms with Crippen molar-refractivity contribution in [2.24, 2.45) is 5.14 Å². The Balaban J connectivity index is 2.12. The van der Waals surface area contributed by atoms with Crippen LogP contribution >= 0.6 is 11.3 Å². The Morgan fingerprint density at radius 1 is 1.44 bits per heavy atom. The lowest BCUT2D eigenvalue weighted by atomic mass is 10.3. The molecule has 2 aromatic heterocycles. The summed E-state index contributed by atoms with van der Waals surface area (Å²) in [7, 11) is -3.70. The fourth-order valence-corrected chi connectivity index (χ4v) is 3.25. The maximum atomic E-state index is 11.2. The Morgan fingerprint density at radius 3 is 2.78 bits per heavy atom. The van der Waals surface area contributed by atoms with E-state index < -0.39 is 10.0 Å². The molecule has 8 heteroatoms. The zero-order valence-corrected chi connectivity index (χ0v) is 11.3. The van der Waals surface area contributed by atoms with Crippen LogP contribution in [0.5, 0.6) is 0 Å². The van der Waals surface area contributed by atoms with Crippen LogP contribution < -0.4 is 10.5 Å². The predicted molar refractivity (Wildman–Crippen MR) is 69.8 cm³/mol. The van der Waals surface area contributed by atoms with Gasteiger partial charge in [0, 0.05) is 6.20 Å². The molecular weight excluding hydrogens is 272 g/mol. The van der Waals surface area contributed by atoms with Crippen molar-refractivity contribution in [3.05, 3.63) is 35.8 Å². The van der Waals surface area contributed by atoms with Crippen LogP contribution in [0.1, 0.15) is 11.4 Å². The van der Waals surface area contributed by atoms with Gasteiger partial charge in [-0.2, -0.15) is 0 Å². The van der Waals surface area contributed by atoms with Gasteiger partial charge in [-0.05, 0) is 19.1 Å². The van der Waals surface area contributed by atoms with Crippen LogP contribution in [0.3, 0.4) is 0 Å². The molecule has 0 fully saturated rings. The molecule has 0 atom stereocenters. The van der Waals surface area contributed by atoms with E-state index in [-0.39, 0.29) is 4.21 Å². The molecule has 0 bridgehead atoms. The number of thiazole rings is 1. The molecule has 2 heterocycles. The second-order valence-corrected chi connectivity index (χ2v) is 6.37. The second kappa shape index (κ2) is 5.01. The molecule has 0 saturated heterocycles. The summed E-state index contributed by atoms with van der Waals surface area (Å²) in [5.41, 5.74) is 1.26. The topological polar surface area (TPSA) is 98.0 Å². The number of primary sulfonamides is 1. The van der Waals surface area contributed by atoms with Crippen LogP contribution in [0.25, 0.3) is 0 Å². The Morgan fingerprint density at radius 2 is 2.22 bits per heavy atom. The van der Waals surface area contributed by atoms with E-state index in [9.17, 15) is 8.42 Å². The summed E-state index contributed by atoms with van der Waals surface area (Å²) in [6.45, 7) is 2.10. The maximum Gasteiger partial charge on any atom is 0.249 e. The molecule has 0 aliphatic carbocycles. The highest BCUT2D eigenvalue weighted by Gasteiger charge is 2.17. The zero-order valence-electron chi connectivity index (χ0n) is 9.62. The van der Waals surface area contributed by atoms with Gasteiger partial charge in [0.2, 0.25) is 10.0 Å². The number of nitrogens with two attached hydrogens (primary N) is 1. The van der Waals surface area contributed by atoms with Gasteiger partial charge in [-0.15, -0.1) is 0 Å². The van der Waals surface area contributed by atoms with Crippen LogP contribution in [0.15, 0.2) is 28.6 Å². The van der Waals surface area contributed by atoms with Crippen LogP contribution in [-0.4, -0.2) is 18.4 Å². The van der Waals surface area contributed by atoms with Gasteiger partial charge in [0.15, 0.2) is 9.34 Å². The van der Waals surface area contributed by atoms with Crippen molar-refractivity contribution in [2.75, 3.05) is 5.32 Å². The molecule has 0 saturated carbocycles. The summed E-state index contributed by atoms with van der Waals surface area (Å²) < 4.78 is 22.6. The predicted octanol–water partition coefficient (Wildman–Crippen LogP) is 1.11. The summed E-state index contributed by atoms with van der Waals surface area (Å²) in [6.07, 6.45) is 1.69. The summed E-state index contributed by atoms with van der Waals surface area (Å²) in [5.74, 6) is 0. The van der Waals surface area contributed by atoms with Gasteiger partial charge < -0.3 is 5.32 Å². The van der Waals surface area contributed by atoms with Gasteiger partial charge in [0.05, 0.1) is 17.9 Å². The minimum Gasteiger partial charge on any atom is -0.356 e. The van der Waals surface area contributed by atoms with Crippen molar-refractivity contribution >= 4 is 26.5 Å². The summed E-state index contributed by atoms with van der Waals surface area (Å²) in [4.78, 5) is 8.26.